The molecule has 0 aromatic carbocycles. The van der Waals surface area contributed by atoms with Gasteiger partial charge in [-0.2, -0.15) is 0 Å². The standard InChI is InChI=1S/C10H16N2OS/c1-8(10-6-14-7-12-10)11-4-9-2-3-13-5-9/h6-9,11H,2-5H2,1H3. The van der Waals surface area contributed by atoms with Crippen molar-refractivity contribution in [2.24, 2.45) is 5.92 Å². The molecule has 0 radical (unpaired) electrons. The van der Waals surface area contributed by atoms with Gasteiger partial charge in [0, 0.05) is 24.6 Å². The highest BCUT2D eigenvalue weighted by molar-refractivity contribution is 7.07. The Labute approximate surface area is 88.5 Å². The quantitative estimate of drug-likeness (QED) is 0.827. The van der Waals surface area contributed by atoms with Crippen LogP contribution in [0.5, 0.6) is 0 Å². The largest absolute Gasteiger partial charge is 0.381 e. The fourth-order valence-electron chi connectivity index (χ4n) is 1.63. The number of nitrogens with zero attached hydrogens (tertiary/aromatic N) is 1. The van der Waals surface area contributed by atoms with Crippen LogP contribution in [0.4, 0.5) is 0 Å². The van der Waals surface area contributed by atoms with Crippen LogP contribution in [-0.4, -0.2) is 24.7 Å². The lowest BCUT2D eigenvalue weighted by Crippen LogP contribution is -2.26. The number of hydrogen-bond donors (Lipinski definition) is 1. The Hall–Kier alpha value is -0.450. The molecule has 14 heavy (non-hydrogen) atoms. The van der Waals surface area contributed by atoms with E-state index in [2.05, 4.69) is 22.6 Å². The molecule has 0 bridgehead atoms. The summed E-state index contributed by atoms with van der Waals surface area (Å²) in [5.74, 6) is 0.691. The van der Waals surface area contributed by atoms with Crippen molar-refractivity contribution in [1.29, 1.82) is 0 Å². The molecular weight excluding hydrogens is 196 g/mol. The van der Waals surface area contributed by atoms with Crippen molar-refractivity contribution in [3.63, 3.8) is 0 Å². The van der Waals surface area contributed by atoms with Gasteiger partial charge in [-0.05, 0) is 19.3 Å². The molecule has 4 heteroatoms. The van der Waals surface area contributed by atoms with Crippen LogP contribution in [0.2, 0.25) is 0 Å². The third-order valence-electron chi connectivity index (χ3n) is 2.63. The summed E-state index contributed by atoms with van der Waals surface area (Å²) in [5.41, 5.74) is 3.03. The summed E-state index contributed by atoms with van der Waals surface area (Å²) in [6, 6.07) is 0.363. The van der Waals surface area contributed by atoms with E-state index in [-0.39, 0.29) is 0 Å². The Bertz CT molecular complexity index is 257. The Morgan fingerprint density at radius 1 is 1.79 bits per heavy atom. The molecule has 0 saturated carbocycles. The maximum Gasteiger partial charge on any atom is 0.0795 e. The van der Waals surface area contributed by atoms with Gasteiger partial charge >= 0.3 is 0 Å². The molecule has 0 spiro atoms. The molecule has 1 saturated heterocycles. The van der Waals surface area contributed by atoms with E-state index >= 15 is 0 Å². The molecule has 1 aromatic rings. The van der Waals surface area contributed by atoms with Crippen molar-refractivity contribution in [3.8, 4) is 0 Å². The molecule has 0 aliphatic carbocycles. The first-order valence-corrected chi connectivity index (χ1v) is 6.00. The van der Waals surface area contributed by atoms with Crippen molar-refractivity contribution < 1.29 is 4.74 Å². The van der Waals surface area contributed by atoms with E-state index in [9.17, 15) is 0 Å². The normalized spacial score (nSPS) is 23.9. The second kappa shape index (κ2) is 4.87. The maximum atomic E-state index is 5.33. The molecule has 1 fully saturated rings. The Kier molecular flexibility index (Phi) is 3.50. The highest BCUT2D eigenvalue weighted by Crippen LogP contribution is 2.15. The lowest BCUT2D eigenvalue weighted by atomic mass is 10.1. The van der Waals surface area contributed by atoms with E-state index in [1.807, 2.05) is 5.51 Å². The van der Waals surface area contributed by atoms with Crippen LogP contribution in [-0.2, 0) is 4.74 Å². The second-order valence-corrected chi connectivity index (χ2v) is 4.49. The van der Waals surface area contributed by atoms with Gasteiger partial charge in [-0.3, -0.25) is 0 Å². The molecular formula is C10H16N2OS. The molecule has 1 N–H and O–H groups in total. The average molecular weight is 212 g/mol. The molecule has 1 aliphatic heterocycles. The molecule has 1 aliphatic rings. The van der Waals surface area contributed by atoms with Crippen molar-refractivity contribution >= 4 is 11.3 Å². The third-order valence-corrected chi connectivity index (χ3v) is 3.24. The smallest absolute Gasteiger partial charge is 0.0795 e. The van der Waals surface area contributed by atoms with Crippen LogP contribution in [0, 0.1) is 5.92 Å². The summed E-state index contributed by atoms with van der Waals surface area (Å²) in [6.45, 7) is 5.04. The van der Waals surface area contributed by atoms with Crippen LogP contribution in [0.1, 0.15) is 25.1 Å². The zero-order valence-corrected chi connectivity index (χ0v) is 9.22. The van der Waals surface area contributed by atoms with Gasteiger partial charge in [-0.25, -0.2) is 4.98 Å². The summed E-state index contributed by atoms with van der Waals surface area (Å²) in [5, 5.41) is 5.59. The van der Waals surface area contributed by atoms with Gasteiger partial charge in [-0.15, -0.1) is 11.3 Å². The summed E-state index contributed by atoms with van der Waals surface area (Å²) in [7, 11) is 0. The molecule has 3 nitrogen and oxygen atoms in total. The van der Waals surface area contributed by atoms with Gasteiger partial charge < -0.3 is 10.1 Å². The lowest BCUT2D eigenvalue weighted by Gasteiger charge is -2.14. The van der Waals surface area contributed by atoms with E-state index in [0.717, 1.165) is 25.5 Å². The molecule has 1 aromatic heterocycles. The first-order valence-electron chi connectivity index (χ1n) is 5.05. The van der Waals surface area contributed by atoms with Crippen LogP contribution in [0.25, 0.3) is 0 Å². The number of rotatable bonds is 4. The van der Waals surface area contributed by atoms with E-state index in [1.54, 1.807) is 11.3 Å². The monoisotopic (exact) mass is 212 g/mol. The Morgan fingerprint density at radius 2 is 2.71 bits per heavy atom. The predicted molar refractivity (Wildman–Crippen MR) is 57.5 cm³/mol. The van der Waals surface area contributed by atoms with Crippen molar-refractivity contribution in [2.75, 3.05) is 19.8 Å². The number of hydrogen-bond acceptors (Lipinski definition) is 4. The minimum absolute atomic E-state index is 0.363. The zero-order valence-electron chi connectivity index (χ0n) is 8.40. The number of ether oxygens (including phenoxy) is 1. The first kappa shape index (κ1) is 10.1. The topological polar surface area (TPSA) is 34.1 Å². The van der Waals surface area contributed by atoms with Crippen LogP contribution < -0.4 is 5.32 Å². The van der Waals surface area contributed by atoms with E-state index in [0.29, 0.717) is 12.0 Å². The Balaban J connectivity index is 1.74. The minimum atomic E-state index is 0.363. The summed E-state index contributed by atoms with van der Waals surface area (Å²) in [6.07, 6.45) is 1.19. The van der Waals surface area contributed by atoms with E-state index in [4.69, 9.17) is 4.74 Å². The highest BCUT2D eigenvalue weighted by atomic mass is 32.1. The van der Waals surface area contributed by atoms with Crippen molar-refractivity contribution in [2.45, 2.75) is 19.4 Å². The second-order valence-electron chi connectivity index (χ2n) is 3.77. The molecule has 78 valence electrons. The number of thiazole rings is 1. The molecule has 2 heterocycles. The first-order chi connectivity index (χ1) is 6.86. The molecule has 2 atom stereocenters. The average Bonchev–Trinajstić information content (AvgIpc) is 2.87. The van der Waals surface area contributed by atoms with Gasteiger partial charge in [0.2, 0.25) is 0 Å². The lowest BCUT2D eigenvalue weighted by molar-refractivity contribution is 0.184. The van der Waals surface area contributed by atoms with E-state index in [1.165, 1.54) is 6.42 Å². The molecule has 2 rings (SSSR count). The van der Waals surface area contributed by atoms with Gasteiger partial charge in [0.25, 0.3) is 0 Å². The van der Waals surface area contributed by atoms with Crippen LogP contribution in [0.3, 0.4) is 0 Å². The molecule has 0 amide bonds. The fourth-order valence-corrected chi connectivity index (χ4v) is 2.28. The number of aromatic nitrogens is 1. The van der Waals surface area contributed by atoms with Gasteiger partial charge in [0.15, 0.2) is 0 Å². The predicted octanol–water partition coefficient (Wildman–Crippen LogP) is 1.83. The Morgan fingerprint density at radius 3 is 3.36 bits per heavy atom. The highest BCUT2D eigenvalue weighted by Gasteiger charge is 2.16. The van der Waals surface area contributed by atoms with Crippen LogP contribution in [0.15, 0.2) is 10.9 Å². The summed E-state index contributed by atoms with van der Waals surface area (Å²) < 4.78 is 5.33. The maximum absolute atomic E-state index is 5.33. The SMILES string of the molecule is CC(NCC1CCOC1)c1cscn1. The van der Waals surface area contributed by atoms with Crippen molar-refractivity contribution in [1.82, 2.24) is 10.3 Å². The van der Waals surface area contributed by atoms with Gasteiger partial charge in [0.05, 0.1) is 17.8 Å². The van der Waals surface area contributed by atoms with Gasteiger partial charge in [-0.1, -0.05) is 0 Å². The van der Waals surface area contributed by atoms with Crippen LogP contribution >= 0.6 is 11.3 Å². The fraction of sp³-hybridized carbons (Fsp3) is 0.700. The van der Waals surface area contributed by atoms with E-state index < -0.39 is 0 Å². The van der Waals surface area contributed by atoms with Gasteiger partial charge in [0.1, 0.15) is 0 Å². The zero-order chi connectivity index (χ0) is 9.80. The third kappa shape index (κ3) is 2.53. The summed E-state index contributed by atoms with van der Waals surface area (Å²) in [4.78, 5) is 4.29. The minimum Gasteiger partial charge on any atom is -0.381 e. The molecule has 2 unspecified atom stereocenters. The number of nitrogens with one attached hydrogen (secondary N) is 1. The van der Waals surface area contributed by atoms with Crippen molar-refractivity contribution in [3.05, 3.63) is 16.6 Å². The summed E-state index contributed by atoms with van der Waals surface area (Å²) >= 11 is 1.65.